The molecule has 0 aliphatic carbocycles. The highest BCUT2D eigenvalue weighted by Crippen LogP contribution is 2.17. The van der Waals surface area contributed by atoms with Gasteiger partial charge >= 0.3 is 0 Å². The molecule has 3 aromatic rings. The Morgan fingerprint density at radius 1 is 1.30 bits per heavy atom. The molecule has 0 saturated heterocycles. The number of sulfonamides is 1. The van der Waals surface area contributed by atoms with Crippen molar-refractivity contribution in [2.45, 2.75) is 4.90 Å². The molecule has 0 unspecified atom stereocenters. The molecule has 9 heteroatoms. The predicted octanol–water partition coefficient (Wildman–Crippen LogP) is 0.515. The molecule has 0 amide bonds. The maximum atomic E-state index is 11.3. The average Bonchev–Trinajstić information content (AvgIpc) is 2.80. The van der Waals surface area contributed by atoms with Crippen LogP contribution in [0.15, 0.2) is 47.8 Å². The molecule has 0 saturated carbocycles. The lowest BCUT2D eigenvalue weighted by Gasteiger charge is -2.03. The fourth-order valence-electron chi connectivity index (χ4n) is 1.68. The first-order valence-corrected chi connectivity index (χ1v) is 7.13. The molecule has 20 heavy (non-hydrogen) atoms. The fourth-order valence-corrected chi connectivity index (χ4v) is 2.24. The van der Waals surface area contributed by atoms with E-state index in [4.69, 9.17) is 5.14 Å². The lowest BCUT2D eigenvalue weighted by molar-refractivity contribution is 0.598. The molecule has 3 N–H and O–H groups in total. The van der Waals surface area contributed by atoms with Crippen LogP contribution in [0.3, 0.4) is 0 Å². The van der Waals surface area contributed by atoms with Crippen molar-refractivity contribution in [1.29, 1.82) is 0 Å². The van der Waals surface area contributed by atoms with Gasteiger partial charge in [0.05, 0.1) is 11.1 Å². The molecule has 0 atom stereocenters. The van der Waals surface area contributed by atoms with Gasteiger partial charge in [-0.15, -0.1) is 5.10 Å². The maximum Gasteiger partial charge on any atom is 0.247 e. The van der Waals surface area contributed by atoms with Crippen molar-refractivity contribution in [3.63, 3.8) is 0 Å². The Kier molecular flexibility index (Phi) is 2.84. The minimum absolute atomic E-state index is 0.0212. The lowest BCUT2D eigenvalue weighted by Crippen LogP contribution is -2.12. The Hall–Kier alpha value is -2.52. The smallest absolute Gasteiger partial charge is 0.247 e. The number of fused-ring (bicyclic) bond motifs is 1. The number of benzene rings is 1. The summed E-state index contributed by atoms with van der Waals surface area (Å²) in [5.41, 5.74) is 1.11. The van der Waals surface area contributed by atoms with E-state index in [2.05, 4.69) is 20.4 Å². The van der Waals surface area contributed by atoms with Gasteiger partial charge in [-0.3, -0.25) is 4.98 Å². The van der Waals surface area contributed by atoms with Crippen LogP contribution in [-0.2, 0) is 10.0 Å². The summed E-state index contributed by atoms with van der Waals surface area (Å²) < 4.78 is 24.1. The lowest BCUT2D eigenvalue weighted by atomic mass is 10.3. The average molecular weight is 290 g/mol. The second kappa shape index (κ2) is 4.54. The molecule has 0 aliphatic heterocycles. The molecule has 102 valence electrons. The topological polar surface area (TPSA) is 115 Å². The zero-order chi connectivity index (χ0) is 14.2. The van der Waals surface area contributed by atoms with Gasteiger partial charge in [-0.1, -0.05) is 6.07 Å². The summed E-state index contributed by atoms with van der Waals surface area (Å²) in [5, 5.41) is 12.2. The Labute approximate surface area is 114 Å². The maximum absolute atomic E-state index is 11.3. The molecule has 1 aromatic carbocycles. The summed E-state index contributed by atoms with van der Waals surface area (Å²) >= 11 is 0. The Morgan fingerprint density at radius 3 is 2.90 bits per heavy atom. The van der Waals surface area contributed by atoms with Crippen LogP contribution in [-0.4, -0.2) is 28.0 Å². The van der Waals surface area contributed by atoms with Crippen molar-refractivity contribution >= 4 is 27.3 Å². The molecule has 0 spiro atoms. The molecule has 0 bridgehead atoms. The second-order valence-corrected chi connectivity index (χ2v) is 5.57. The number of primary sulfonamides is 1. The molecule has 8 nitrogen and oxygen atoms in total. The van der Waals surface area contributed by atoms with Gasteiger partial charge in [0.2, 0.25) is 16.0 Å². The summed E-state index contributed by atoms with van der Waals surface area (Å²) in [6.07, 6.45) is 4.82. The molecular weight excluding hydrogens is 280 g/mol. The standard InChI is InChI=1S/C11H10N6O2S/c12-20(18,19)9-3-1-2-8(6-9)14-11-15-10-7-13-4-5-17(10)16-11/h1-7H,(H,14,16)(H2,12,18,19). The van der Waals surface area contributed by atoms with Crippen LogP contribution in [0.2, 0.25) is 0 Å². The number of anilines is 2. The van der Waals surface area contributed by atoms with Crippen LogP contribution < -0.4 is 10.5 Å². The van der Waals surface area contributed by atoms with Gasteiger partial charge in [-0.05, 0) is 18.2 Å². The second-order valence-electron chi connectivity index (χ2n) is 4.01. The first kappa shape index (κ1) is 12.5. The minimum atomic E-state index is -3.74. The zero-order valence-electron chi connectivity index (χ0n) is 10.1. The van der Waals surface area contributed by atoms with Gasteiger partial charge in [0.25, 0.3) is 0 Å². The van der Waals surface area contributed by atoms with Gasteiger partial charge in [0.1, 0.15) is 0 Å². The largest absolute Gasteiger partial charge is 0.323 e. The molecule has 0 radical (unpaired) electrons. The van der Waals surface area contributed by atoms with E-state index >= 15 is 0 Å². The molecule has 2 aromatic heterocycles. The first-order valence-electron chi connectivity index (χ1n) is 5.59. The number of hydrogen-bond donors (Lipinski definition) is 2. The number of rotatable bonds is 3. The van der Waals surface area contributed by atoms with Crippen LogP contribution in [0.25, 0.3) is 5.65 Å². The first-order chi connectivity index (χ1) is 9.52. The van der Waals surface area contributed by atoms with E-state index in [1.54, 1.807) is 35.2 Å². The van der Waals surface area contributed by atoms with Gasteiger partial charge in [-0.2, -0.15) is 4.98 Å². The Bertz CT molecular complexity index is 840. The molecule has 0 aliphatic rings. The third-order valence-corrected chi connectivity index (χ3v) is 3.47. The normalized spacial score (nSPS) is 11.7. The number of nitrogens with one attached hydrogen (secondary N) is 1. The Morgan fingerprint density at radius 2 is 2.15 bits per heavy atom. The summed E-state index contributed by atoms with van der Waals surface area (Å²) in [4.78, 5) is 8.15. The van der Waals surface area contributed by atoms with E-state index in [1.165, 1.54) is 12.1 Å². The highest BCUT2D eigenvalue weighted by atomic mass is 32.2. The van der Waals surface area contributed by atoms with Gasteiger partial charge in [0.15, 0.2) is 5.65 Å². The third kappa shape index (κ3) is 2.44. The van der Waals surface area contributed by atoms with E-state index in [1.807, 2.05) is 0 Å². The van der Waals surface area contributed by atoms with Crippen molar-refractivity contribution in [3.05, 3.63) is 42.9 Å². The van der Waals surface area contributed by atoms with E-state index in [9.17, 15) is 8.42 Å². The van der Waals surface area contributed by atoms with Crippen molar-refractivity contribution in [1.82, 2.24) is 19.6 Å². The number of aromatic nitrogens is 4. The van der Waals surface area contributed by atoms with Crippen molar-refractivity contribution in [3.8, 4) is 0 Å². The Balaban J connectivity index is 1.95. The predicted molar refractivity (Wildman–Crippen MR) is 71.9 cm³/mol. The van der Waals surface area contributed by atoms with E-state index in [-0.39, 0.29) is 4.90 Å². The van der Waals surface area contributed by atoms with Crippen molar-refractivity contribution in [2.75, 3.05) is 5.32 Å². The van der Waals surface area contributed by atoms with Crippen LogP contribution in [0.1, 0.15) is 0 Å². The van der Waals surface area contributed by atoms with Gasteiger partial charge in [-0.25, -0.2) is 18.1 Å². The highest BCUT2D eigenvalue weighted by molar-refractivity contribution is 7.89. The summed E-state index contributed by atoms with van der Waals surface area (Å²) in [5.74, 6) is 0.338. The summed E-state index contributed by atoms with van der Waals surface area (Å²) in [7, 11) is -3.74. The molecule has 2 heterocycles. The van der Waals surface area contributed by atoms with Gasteiger partial charge in [0, 0.05) is 18.1 Å². The number of nitrogens with two attached hydrogens (primary N) is 1. The molecule has 0 fully saturated rings. The summed E-state index contributed by atoms with van der Waals surface area (Å²) in [6, 6.07) is 6.11. The highest BCUT2D eigenvalue weighted by Gasteiger charge is 2.09. The van der Waals surface area contributed by atoms with E-state index < -0.39 is 10.0 Å². The van der Waals surface area contributed by atoms with E-state index in [0.29, 0.717) is 17.3 Å². The molecular formula is C11H10N6O2S. The minimum Gasteiger partial charge on any atom is -0.323 e. The van der Waals surface area contributed by atoms with Crippen LogP contribution in [0.5, 0.6) is 0 Å². The SMILES string of the molecule is NS(=O)(=O)c1cccc(Nc2nc3cnccn3n2)c1. The van der Waals surface area contributed by atoms with Crippen molar-refractivity contribution in [2.24, 2.45) is 5.14 Å². The third-order valence-electron chi connectivity index (χ3n) is 2.56. The quantitative estimate of drug-likeness (QED) is 0.726. The molecule has 3 rings (SSSR count). The number of hydrogen-bond acceptors (Lipinski definition) is 6. The van der Waals surface area contributed by atoms with Crippen molar-refractivity contribution < 1.29 is 8.42 Å². The fraction of sp³-hybridized carbons (Fsp3) is 0. The van der Waals surface area contributed by atoms with Crippen LogP contribution in [0, 0.1) is 0 Å². The summed E-state index contributed by atoms with van der Waals surface area (Å²) in [6.45, 7) is 0. The zero-order valence-corrected chi connectivity index (χ0v) is 10.9. The number of nitrogens with zero attached hydrogens (tertiary/aromatic N) is 4. The van der Waals surface area contributed by atoms with E-state index in [0.717, 1.165) is 0 Å². The monoisotopic (exact) mass is 290 g/mol. The van der Waals surface area contributed by atoms with Gasteiger partial charge < -0.3 is 5.32 Å². The van der Waals surface area contributed by atoms with Crippen LogP contribution in [0.4, 0.5) is 11.6 Å². The van der Waals surface area contributed by atoms with Crippen LogP contribution >= 0.6 is 0 Å².